The lowest BCUT2D eigenvalue weighted by molar-refractivity contribution is -0.115. The van der Waals surface area contributed by atoms with Crippen molar-refractivity contribution in [3.63, 3.8) is 0 Å². The summed E-state index contributed by atoms with van der Waals surface area (Å²) in [5.74, 6) is -0.628. The number of hydrogen-bond acceptors (Lipinski definition) is 7. The maximum absolute atomic E-state index is 12.7. The van der Waals surface area contributed by atoms with Gasteiger partial charge in [-0.1, -0.05) is 59.9 Å². The molecule has 1 amide bonds. The number of nitrogens with zero attached hydrogens (tertiary/aromatic N) is 3. The van der Waals surface area contributed by atoms with Crippen LogP contribution in [-0.4, -0.2) is 33.2 Å². The Morgan fingerprint density at radius 1 is 1.17 bits per heavy atom. The maximum Gasteiger partial charge on any atom is 0.350 e. The first kappa shape index (κ1) is 23.1. The van der Waals surface area contributed by atoms with Crippen LogP contribution in [-0.2, 0) is 16.1 Å². The summed E-state index contributed by atoms with van der Waals surface area (Å²) in [6.07, 6.45) is 3.97. The van der Waals surface area contributed by atoms with E-state index in [4.69, 9.17) is 4.74 Å². The molecule has 7 nitrogen and oxygen atoms in total. The SMILES string of the molecule is CCOC(=O)c1sc(/N=C2\NC(=O)/C(=C/c3cn(Cc4ccccc4)c4ccccc34)S2)nc1C. The van der Waals surface area contributed by atoms with Gasteiger partial charge in [-0.2, -0.15) is 4.99 Å². The Labute approximate surface area is 210 Å². The molecule has 0 aliphatic carbocycles. The number of amidine groups is 1. The van der Waals surface area contributed by atoms with Crippen LogP contribution in [0.25, 0.3) is 17.0 Å². The van der Waals surface area contributed by atoms with Crippen LogP contribution in [0.4, 0.5) is 5.13 Å². The molecule has 176 valence electrons. The topological polar surface area (TPSA) is 85.6 Å². The van der Waals surface area contributed by atoms with E-state index in [0.29, 0.717) is 32.4 Å². The van der Waals surface area contributed by atoms with Gasteiger partial charge in [-0.3, -0.25) is 4.79 Å². The molecule has 3 heterocycles. The summed E-state index contributed by atoms with van der Waals surface area (Å²) in [6.45, 7) is 4.53. The molecule has 2 aromatic heterocycles. The van der Waals surface area contributed by atoms with Crippen molar-refractivity contribution >= 4 is 62.3 Å². The number of thiazole rings is 1. The fourth-order valence-corrected chi connectivity index (χ4v) is 5.54. The van der Waals surface area contributed by atoms with Crippen LogP contribution in [0.1, 0.15) is 33.4 Å². The average Bonchev–Trinajstić information content (AvgIpc) is 3.50. The van der Waals surface area contributed by atoms with E-state index in [9.17, 15) is 9.59 Å². The van der Waals surface area contributed by atoms with Crippen molar-refractivity contribution in [3.8, 4) is 0 Å². The predicted molar refractivity (Wildman–Crippen MR) is 141 cm³/mol. The molecule has 1 aliphatic heterocycles. The van der Waals surface area contributed by atoms with E-state index < -0.39 is 5.97 Å². The molecule has 1 N–H and O–H groups in total. The van der Waals surface area contributed by atoms with E-state index in [2.05, 4.69) is 50.3 Å². The molecule has 4 aromatic rings. The fraction of sp³-hybridized carbons (Fsp3) is 0.154. The molecule has 1 fully saturated rings. The number of fused-ring (bicyclic) bond motifs is 1. The van der Waals surface area contributed by atoms with Gasteiger partial charge in [0.2, 0.25) is 5.13 Å². The molecule has 0 saturated carbocycles. The first-order chi connectivity index (χ1) is 17.0. The Hall–Kier alpha value is -3.69. The lowest BCUT2D eigenvalue weighted by Crippen LogP contribution is -2.19. The highest BCUT2D eigenvalue weighted by Gasteiger charge is 2.25. The Kier molecular flexibility index (Phi) is 6.52. The molecule has 0 bridgehead atoms. The normalized spacial score (nSPS) is 15.8. The van der Waals surface area contributed by atoms with E-state index in [-0.39, 0.29) is 5.91 Å². The second-order valence-electron chi connectivity index (χ2n) is 7.83. The number of rotatable bonds is 6. The largest absolute Gasteiger partial charge is 0.462 e. The molecule has 1 aliphatic rings. The zero-order valence-corrected chi connectivity index (χ0v) is 20.8. The molecule has 0 atom stereocenters. The van der Waals surface area contributed by atoms with Crippen molar-refractivity contribution in [2.24, 2.45) is 4.99 Å². The lowest BCUT2D eigenvalue weighted by atomic mass is 10.1. The van der Waals surface area contributed by atoms with Crippen LogP contribution in [0.3, 0.4) is 0 Å². The quantitative estimate of drug-likeness (QED) is 0.277. The van der Waals surface area contributed by atoms with Crippen molar-refractivity contribution in [2.45, 2.75) is 20.4 Å². The molecule has 35 heavy (non-hydrogen) atoms. The number of nitrogens with one attached hydrogen (secondary N) is 1. The van der Waals surface area contributed by atoms with Gasteiger partial charge in [-0.25, -0.2) is 9.78 Å². The van der Waals surface area contributed by atoms with E-state index in [1.54, 1.807) is 13.8 Å². The monoisotopic (exact) mass is 502 g/mol. The number of carbonyl (C=O) groups excluding carboxylic acids is 2. The standard InChI is InChI=1S/C26H22N4O3S2/c1-3-33-24(32)22-16(2)27-25(35-22)29-26-28-23(31)21(34-26)13-18-15-30(14-17-9-5-4-6-10-17)20-12-8-7-11-19(18)20/h4-13,15H,3,14H2,1-2H3,(H,27,28,29,31)/b21-13-. The van der Waals surface area contributed by atoms with Gasteiger partial charge in [0.25, 0.3) is 5.91 Å². The summed E-state index contributed by atoms with van der Waals surface area (Å²) < 4.78 is 7.26. The first-order valence-corrected chi connectivity index (χ1v) is 12.7. The van der Waals surface area contributed by atoms with Crippen LogP contribution >= 0.6 is 23.1 Å². The highest BCUT2D eigenvalue weighted by Crippen LogP contribution is 2.33. The Balaban J connectivity index is 1.42. The number of esters is 1. The van der Waals surface area contributed by atoms with Gasteiger partial charge >= 0.3 is 5.97 Å². The highest BCUT2D eigenvalue weighted by molar-refractivity contribution is 8.18. The van der Waals surface area contributed by atoms with Crippen molar-refractivity contribution in [2.75, 3.05) is 6.61 Å². The summed E-state index contributed by atoms with van der Waals surface area (Å²) in [4.78, 5) is 34.5. The van der Waals surface area contributed by atoms with Gasteiger partial charge in [0.1, 0.15) is 4.88 Å². The van der Waals surface area contributed by atoms with Crippen molar-refractivity contribution in [3.05, 3.63) is 87.4 Å². The fourth-order valence-electron chi connectivity index (χ4n) is 3.83. The number of ether oxygens (including phenoxy) is 1. The van der Waals surface area contributed by atoms with E-state index >= 15 is 0 Å². The number of benzene rings is 2. The van der Waals surface area contributed by atoms with Crippen molar-refractivity contribution in [1.29, 1.82) is 0 Å². The van der Waals surface area contributed by atoms with Gasteiger partial charge in [0.05, 0.1) is 17.2 Å². The van der Waals surface area contributed by atoms with E-state index in [1.165, 1.54) is 17.3 Å². The molecule has 9 heteroatoms. The number of para-hydroxylation sites is 1. The first-order valence-electron chi connectivity index (χ1n) is 11.1. The molecular weight excluding hydrogens is 480 g/mol. The Morgan fingerprint density at radius 2 is 1.94 bits per heavy atom. The third-order valence-electron chi connectivity index (χ3n) is 5.40. The smallest absolute Gasteiger partial charge is 0.350 e. The van der Waals surface area contributed by atoms with Gasteiger partial charge in [-0.15, -0.1) is 0 Å². The Morgan fingerprint density at radius 3 is 2.74 bits per heavy atom. The van der Waals surface area contributed by atoms with E-state index in [0.717, 1.165) is 34.3 Å². The van der Waals surface area contributed by atoms with Crippen LogP contribution in [0.2, 0.25) is 0 Å². The summed E-state index contributed by atoms with van der Waals surface area (Å²) in [5.41, 5.74) is 3.83. The zero-order chi connectivity index (χ0) is 24.4. The van der Waals surface area contributed by atoms with Crippen LogP contribution in [0.15, 0.2) is 70.7 Å². The minimum absolute atomic E-state index is 0.215. The number of hydrogen-bond donors (Lipinski definition) is 1. The molecular formula is C26H22N4O3S2. The zero-order valence-electron chi connectivity index (χ0n) is 19.1. The summed E-state index contributed by atoms with van der Waals surface area (Å²) in [6, 6.07) is 18.4. The predicted octanol–water partition coefficient (Wildman–Crippen LogP) is 5.52. The maximum atomic E-state index is 12.7. The van der Waals surface area contributed by atoms with Crippen LogP contribution < -0.4 is 5.32 Å². The highest BCUT2D eigenvalue weighted by atomic mass is 32.2. The Bertz CT molecular complexity index is 1490. The summed E-state index contributed by atoms with van der Waals surface area (Å²) in [5, 5.41) is 4.70. The molecule has 0 radical (unpaired) electrons. The number of thioether (sulfide) groups is 1. The van der Waals surface area contributed by atoms with Gasteiger partial charge in [-0.05, 0) is 43.3 Å². The molecule has 1 saturated heterocycles. The average molecular weight is 503 g/mol. The lowest BCUT2D eigenvalue weighted by Gasteiger charge is -2.05. The minimum Gasteiger partial charge on any atom is -0.462 e. The van der Waals surface area contributed by atoms with Gasteiger partial charge < -0.3 is 14.6 Å². The molecule has 2 aromatic carbocycles. The third-order valence-corrected chi connectivity index (χ3v) is 7.34. The number of aromatic nitrogens is 2. The van der Waals surface area contributed by atoms with E-state index in [1.807, 2.05) is 36.4 Å². The summed E-state index contributed by atoms with van der Waals surface area (Å²) >= 11 is 2.40. The number of aliphatic imine (C=N–C) groups is 1. The number of amides is 1. The van der Waals surface area contributed by atoms with Crippen molar-refractivity contribution in [1.82, 2.24) is 14.9 Å². The third kappa shape index (κ3) is 4.91. The molecule has 5 rings (SSSR count). The molecule has 0 unspecified atom stereocenters. The number of aryl methyl sites for hydroxylation is 1. The minimum atomic E-state index is -0.412. The second-order valence-corrected chi connectivity index (χ2v) is 9.84. The van der Waals surface area contributed by atoms with Crippen LogP contribution in [0, 0.1) is 6.92 Å². The second kappa shape index (κ2) is 9.89. The number of carbonyl (C=O) groups is 2. The van der Waals surface area contributed by atoms with Crippen molar-refractivity contribution < 1.29 is 14.3 Å². The summed E-state index contributed by atoms with van der Waals surface area (Å²) in [7, 11) is 0. The van der Waals surface area contributed by atoms with Crippen LogP contribution in [0.5, 0.6) is 0 Å². The van der Waals surface area contributed by atoms with Gasteiger partial charge in [0, 0.05) is 29.2 Å². The molecule has 0 spiro atoms. The van der Waals surface area contributed by atoms with Gasteiger partial charge in [0.15, 0.2) is 5.17 Å².